The highest BCUT2D eigenvalue weighted by atomic mass is 31.2. The first-order chi connectivity index (χ1) is 9.38. The maximum Gasteiger partial charge on any atom is 0.369 e. The average molecular weight is 342 g/mol. The van der Waals surface area contributed by atoms with Crippen LogP contribution in [0.4, 0.5) is 0 Å². The van der Waals surface area contributed by atoms with E-state index in [-0.39, 0.29) is 5.56 Å². The number of aromatic nitrogens is 4. The zero-order chi connectivity index (χ0) is 16.5. The van der Waals surface area contributed by atoms with Gasteiger partial charge in [0.1, 0.15) is 5.39 Å². The fourth-order valence-corrected chi connectivity index (χ4v) is 2.30. The Kier molecular flexibility index (Phi) is 4.86. The molecular weight excluding hydrogens is 330 g/mol. The lowest BCUT2D eigenvalue weighted by molar-refractivity contribution is 0.146. The van der Waals surface area contributed by atoms with E-state index in [4.69, 9.17) is 24.7 Å². The van der Waals surface area contributed by atoms with E-state index in [9.17, 15) is 13.9 Å². The fraction of sp³-hybridized carbons (Fsp3) is 0.286. The van der Waals surface area contributed by atoms with Gasteiger partial charge in [-0.05, 0) is 6.92 Å². The molecule has 0 aliphatic carbocycles. The highest BCUT2D eigenvalue weighted by Crippen LogP contribution is 2.66. The van der Waals surface area contributed by atoms with Crippen LogP contribution in [0, 0.1) is 0 Å². The Hall–Kier alpha value is -1.39. The Balaban J connectivity index is 0.000000210. The molecule has 0 atom stereocenters. The minimum absolute atomic E-state index is 0.168. The first-order valence-electron chi connectivity index (χ1n) is 5.08. The number of hydrogen-bond acceptors (Lipinski definition) is 6. The lowest BCUT2D eigenvalue weighted by Gasteiger charge is -2.24. The van der Waals surface area contributed by atoms with Crippen LogP contribution in [0.1, 0.15) is 6.92 Å². The number of aliphatic hydroxyl groups is 1. The summed E-state index contributed by atoms with van der Waals surface area (Å²) in [4.78, 5) is 50.1. The molecule has 0 unspecified atom stereocenters. The van der Waals surface area contributed by atoms with E-state index in [1.807, 2.05) is 0 Å². The Morgan fingerprint density at radius 3 is 2.10 bits per heavy atom. The lowest BCUT2D eigenvalue weighted by atomic mass is 10.4. The molecule has 2 heterocycles. The van der Waals surface area contributed by atoms with Crippen molar-refractivity contribution in [3.05, 3.63) is 22.9 Å². The molecule has 0 radical (unpaired) electrons. The zero-order valence-electron chi connectivity index (χ0n) is 10.4. The molecule has 12 nitrogen and oxygen atoms in total. The number of H-pyrrole nitrogens is 2. The number of fused-ring (bicyclic) bond motifs is 1. The lowest BCUT2D eigenvalue weighted by Crippen LogP contribution is -2.23. The number of aromatic amines is 2. The van der Waals surface area contributed by atoms with Crippen LogP contribution in [0.3, 0.4) is 0 Å². The molecule has 7 N–H and O–H groups in total. The predicted molar refractivity (Wildman–Crippen MR) is 69.2 cm³/mol. The summed E-state index contributed by atoms with van der Waals surface area (Å²) in [6.45, 7) is 0.383. The summed E-state index contributed by atoms with van der Waals surface area (Å²) in [7, 11) is -10.4. The van der Waals surface area contributed by atoms with Crippen molar-refractivity contribution >= 4 is 26.2 Å². The van der Waals surface area contributed by atoms with Crippen LogP contribution in [0.2, 0.25) is 0 Å². The third-order valence-corrected chi connectivity index (χ3v) is 6.13. The average Bonchev–Trinajstić information content (AvgIpc) is 2.76. The van der Waals surface area contributed by atoms with Gasteiger partial charge < -0.3 is 29.7 Å². The van der Waals surface area contributed by atoms with Crippen molar-refractivity contribution in [1.82, 2.24) is 20.2 Å². The first-order valence-corrected chi connectivity index (χ1v) is 8.31. The molecule has 118 valence electrons. The van der Waals surface area contributed by atoms with Crippen molar-refractivity contribution in [2.45, 2.75) is 12.0 Å². The molecule has 21 heavy (non-hydrogen) atoms. The molecule has 0 aliphatic rings. The van der Waals surface area contributed by atoms with Gasteiger partial charge in [-0.3, -0.25) is 19.0 Å². The molecular formula is C7H12N4O8P2. The highest BCUT2D eigenvalue weighted by molar-refractivity contribution is 7.71. The van der Waals surface area contributed by atoms with Crippen LogP contribution >= 0.6 is 15.2 Å². The molecule has 0 amide bonds. The van der Waals surface area contributed by atoms with Gasteiger partial charge >= 0.3 is 15.2 Å². The molecule has 2 rings (SSSR count). The summed E-state index contributed by atoms with van der Waals surface area (Å²) in [6, 6.07) is 0. The van der Waals surface area contributed by atoms with Gasteiger partial charge in [-0.15, -0.1) is 0 Å². The van der Waals surface area contributed by atoms with Crippen LogP contribution in [0.15, 0.2) is 17.3 Å². The maximum atomic E-state index is 10.9. The quantitative estimate of drug-likeness (QED) is 0.319. The topological polar surface area (TPSA) is 210 Å². The normalized spacial score (nSPS) is 12.9. The second kappa shape index (κ2) is 5.78. The van der Waals surface area contributed by atoms with Gasteiger partial charge in [0.2, 0.25) is 0 Å². The van der Waals surface area contributed by atoms with E-state index in [1.165, 1.54) is 12.5 Å². The van der Waals surface area contributed by atoms with Gasteiger partial charge in [0, 0.05) is 0 Å². The Morgan fingerprint density at radius 2 is 1.71 bits per heavy atom. The number of nitrogens with one attached hydrogen (secondary N) is 2. The van der Waals surface area contributed by atoms with Crippen LogP contribution in [0.25, 0.3) is 11.0 Å². The molecule has 0 saturated heterocycles. The Bertz CT molecular complexity index is 746. The minimum atomic E-state index is -5.20. The molecule has 14 heteroatoms. The summed E-state index contributed by atoms with van der Waals surface area (Å²) in [6.07, 6.45) is 2.78. The molecule has 2 aromatic heterocycles. The van der Waals surface area contributed by atoms with Crippen molar-refractivity contribution in [3.8, 4) is 0 Å². The Labute approximate surface area is 116 Å². The van der Waals surface area contributed by atoms with E-state index in [0.717, 1.165) is 0 Å². The van der Waals surface area contributed by atoms with Crippen molar-refractivity contribution < 1.29 is 33.8 Å². The van der Waals surface area contributed by atoms with Crippen LogP contribution in [0.5, 0.6) is 0 Å². The van der Waals surface area contributed by atoms with E-state index in [0.29, 0.717) is 18.0 Å². The number of nitrogens with zero attached hydrogens (tertiary/aromatic N) is 2. The number of rotatable bonds is 2. The minimum Gasteiger partial charge on any atom is -0.368 e. The molecule has 2 aromatic rings. The van der Waals surface area contributed by atoms with Crippen LogP contribution in [-0.2, 0) is 9.13 Å². The standard InChI is InChI=1S/C5H4N4O.C2H8O7P2/c10-5-3-1-8-9-4(3)6-2-7-5;1-2(3,10(4,5)6)11(7,8)9/h1-2H,(H2,6,7,8,9,10);3H,1H3,(H2,4,5,6)(H2,7,8,9). The monoisotopic (exact) mass is 342 g/mol. The van der Waals surface area contributed by atoms with E-state index in [2.05, 4.69) is 20.2 Å². The molecule has 0 spiro atoms. The molecule has 0 bridgehead atoms. The second-order valence-electron chi connectivity index (χ2n) is 3.92. The fourth-order valence-electron chi connectivity index (χ4n) is 0.947. The van der Waals surface area contributed by atoms with E-state index >= 15 is 0 Å². The van der Waals surface area contributed by atoms with Gasteiger partial charge in [-0.1, -0.05) is 0 Å². The van der Waals surface area contributed by atoms with E-state index in [1.54, 1.807) is 0 Å². The van der Waals surface area contributed by atoms with Crippen molar-refractivity contribution in [3.63, 3.8) is 0 Å². The Morgan fingerprint density at radius 1 is 1.19 bits per heavy atom. The van der Waals surface area contributed by atoms with Gasteiger partial charge in [-0.25, -0.2) is 4.98 Å². The summed E-state index contributed by atoms with van der Waals surface area (Å²) in [5, 5.41) is 12.1. The smallest absolute Gasteiger partial charge is 0.368 e. The van der Waals surface area contributed by atoms with Crippen molar-refractivity contribution in [1.29, 1.82) is 0 Å². The van der Waals surface area contributed by atoms with E-state index < -0.39 is 20.3 Å². The molecule has 0 fully saturated rings. The first kappa shape index (κ1) is 17.7. The third kappa shape index (κ3) is 3.83. The predicted octanol–water partition coefficient (Wildman–Crippen LogP) is -1.35. The van der Waals surface area contributed by atoms with Crippen LogP contribution < -0.4 is 5.56 Å². The SMILES string of the molecule is CC(O)(P(=O)(O)O)P(=O)(O)O.O=c1[nH]cnc2[nH]ncc12. The number of hydrogen-bond donors (Lipinski definition) is 7. The molecule has 0 aromatic carbocycles. The summed E-state index contributed by atoms with van der Waals surface area (Å²) >= 11 is 0. The van der Waals surface area contributed by atoms with Crippen LogP contribution in [-0.4, -0.2) is 49.9 Å². The summed E-state index contributed by atoms with van der Waals surface area (Å²) in [5.41, 5.74) is 0.350. The highest BCUT2D eigenvalue weighted by Gasteiger charge is 2.55. The van der Waals surface area contributed by atoms with Gasteiger partial charge in [-0.2, -0.15) is 5.10 Å². The van der Waals surface area contributed by atoms with Crippen molar-refractivity contribution in [2.75, 3.05) is 0 Å². The summed E-state index contributed by atoms with van der Waals surface area (Å²) in [5.74, 6) is 0. The molecule has 0 saturated carbocycles. The van der Waals surface area contributed by atoms with Crippen molar-refractivity contribution in [2.24, 2.45) is 0 Å². The zero-order valence-corrected chi connectivity index (χ0v) is 12.2. The third-order valence-electron chi connectivity index (χ3n) is 2.36. The van der Waals surface area contributed by atoms with Gasteiger partial charge in [0.15, 0.2) is 5.65 Å². The van der Waals surface area contributed by atoms with Gasteiger partial charge in [0.05, 0.1) is 12.5 Å². The second-order valence-corrected chi connectivity index (χ2v) is 8.19. The summed E-state index contributed by atoms with van der Waals surface area (Å²) < 4.78 is 20.5. The largest absolute Gasteiger partial charge is 0.369 e. The van der Waals surface area contributed by atoms with Gasteiger partial charge in [0.25, 0.3) is 10.6 Å². The molecule has 0 aliphatic heterocycles. The maximum absolute atomic E-state index is 10.9.